The summed E-state index contributed by atoms with van der Waals surface area (Å²) in [5, 5.41) is 9.98. The first-order chi connectivity index (χ1) is 8.15. The summed E-state index contributed by atoms with van der Waals surface area (Å²) in [7, 11) is 0. The molecule has 0 aliphatic heterocycles. The van der Waals surface area contributed by atoms with Crippen LogP contribution in [0.25, 0.3) is 0 Å². The van der Waals surface area contributed by atoms with E-state index in [0.29, 0.717) is 22.2 Å². The Morgan fingerprint density at radius 3 is 2.29 bits per heavy atom. The molecule has 2 aromatic rings. The SMILES string of the molecule is C[C@H](O)c1ccc(Oc2ccc(Cl)cc2)cn1. The van der Waals surface area contributed by atoms with Gasteiger partial charge in [0.25, 0.3) is 0 Å². The van der Waals surface area contributed by atoms with E-state index in [1.807, 2.05) is 0 Å². The van der Waals surface area contributed by atoms with Crippen molar-refractivity contribution in [2.24, 2.45) is 0 Å². The average molecular weight is 250 g/mol. The van der Waals surface area contributed by atoms with Crippen LogP contribution in [0, 0.1) is 0 Å². The van der Waals surface area contributed by atoms with Gasteiger partial charge in [0.1, 0.15) is 11.5 Å². The fourth-order valence-electron chi connectivity index (χ4n) is 1.34. The van der Waals surface area contributed by atoms with Crippen LogP contribution in [0.4, 0.5) is 0 Å². The second-order valence-electron chi connectivity index (χ2n) is 3.65. The molecule has 1 aromatic heterocycles. The van der Waals surface area contributed by atoms with Crippen LogP contribution < -0.4 is 4.74 Å². The van der Waals surface area contributed by atoms with Gasteiger partial charge in [0.05, 0.1) is 18.0 Å². The number of ether oxygens (including phenoxy) is 1. The van der Waals surface area contributed by atoms with Gasteiger partial charge in [0, 0.05) is 5.02 Å². The van der Waals surface area contributed by atoms with Crippen molar-refractivity contribution >= 4 is 11.6 Å². The highest BCUT2D eigenvalue weighted by Crippen LogP contribution is 2.23. The third kappa shape index (κ3) is 3.19. The number of rotatable bonds is 3. The number of halogens is 1. The minimum atomic E-state index is -0.570. The molecule has 0 amide bonds. The Kier molecular flexibility index (Phi) is 3.61. The van der Waals surface area contributed by atoms with E-state index in [9.17, 15) is 5.11 Å². The van der Waals surface area contributed by atoms with E-state index < -0.39 is 6.10 Å². The van der Waals surface area contributed by atoms with Gasteiger partial charge in [-0.1, -0.05) is 11.6 Å². The molecular weight excluding hydrogens is 238 g/mol. The maximum Gasteiger partial charge on any atom is 0.145 e. The molecule has 2 rings (SSSR count). The third-order valence-electron chi connectivity index (χ3n) is 2.24. The normalized spacial score (nSPS) is 12.2. The van der Waals surface area contributed by atoms with Gasteiger partial charge in [-0.25, -0.2) is 0 Å². The molecular formula is C13H12ClNO2. The zero-order valence-corrected chi connectivity index (χ0v) is 10.1. The van der Waals surface area contributed by atoms with Gasteiger partial charge in [-0.2, -0.15) is 0 Å². The molecule has 1 heterocycles. The molecule has 1 atom stereocenters. The summed E-state index contributed by atoms with van der Waals surface area (Å²) in [5.41, 5.74) is 0.619. The summed E-state index contributed by atoms with van der Waals surface area (Å²) in [6.45, 7) is 1.67. The Morgan fingerprint density at radius 1 is 1.12 bits per heavy atom. The molecule has 1 aromatic carbocycles. The maximum atomic E-state index is 9.32. The van der Waals surface area contributed by atoms with E-state index in [4.69, 9.17) is 16.3 Å². The van der Waals surface area contributed by atoms with Crippen LogP contribution in [-0.4, -0.2) is 10.1 Å². The Balaban J connectivity index is 2.11. The summed E-state index contributed by atoms with van der Waals surface area (Å²) >= 11 is 5.77. The molecule has 3 nitrogen and oxygen atoms in total. The monoisotopic (exact) mass is 249 g/mol. The number of hydrogen-bond acceptors (Lipinski definition) is 3. The van der Waals surface area contributed by atoms with E-state index in [1.54, 1.807) is 49.5 Å². The van der Waals surface area contributed by atoms with Gasteiger partial charge in [0.15, 0.2) is 0 Å². The number of aromatic nitrogens is 1. The molecule has 0 aliphatic rings. The van der Waals surface area contributed by atoms with Gasteiger partial charge in [-0.3, -0.25) is 4.98 Å². The Hall–Kier alpha value is -1.58. The van der Waals surface area contributed by atoms with Crippen LogP contribution in [-0.2, 0) is 0 Å². The minimum Gasteiger partial charge on any atom is -0.456 e. The Bertz CT molecular complexity index is 480. The lowest BCUT2D eigenvalue weighted by molar-refractivity contribution is 0.194. The summed E-state index contributed by atoms with van der Waals surface area (Å²) in [5.74, 6) is 1.32. The predicted molar refractivity (Wildman–Crippen MR) is 66.4 cm³/mol. The lowest BCUT2D eigenvalue weighted by Crippen LogP contribution is -1.95. The van der Waals surface area contributed by atoms with Crippen LogP contribution in [0.2, 0.25) is 5.02 Å². The van der Waals surface area contributed by atoms with Crippen molar-refractivity contribution in [1.82, 2.24) is 4.98 Å². The second-order valence-corrected chi connectivity index (χ2v) is 4.09. The van der Waals surface area contributed by atoms with Crippen molar-refractivity contribution in [3.63, 3.8) is 0 Å². The van der Waals surface area contributed by atoms with Gasteiger partial charge >= 0.3 is 0 Å². The van der Waals surface area contributed by atoms with Crippen LogP contribution in [0.1, 0.15) is 18.7 Å². The topological polar surface area (TPSA) is 42.4 Å². The summed E-state index contributed by atoms with van der Waals surface area (Å²) in [4.78, 5) is 4.09. The van der Waals surface area contributed by atoms with E-state index >= 15 is 0 Å². The predicted octanol–water partition coefficient (Wildman–Crippen LogP) is 3.58. The zero-order chi connectivity index (χ0) is 12.3. The van der Waals surface area contributed by atoms with Gasteiger partial charge < -0.3 is 9.84 Å². The Labute approximate surface area is 105 Å². The number of hydrogen-bond donors (Lipinski definition) is 1. The van der Waals surface area contributed by atoms with Crippen molar-refractivity contribution in [3.05, 3.63) is 53.3 Å². The smallest absolute Gasteiger partial charge is 0.145 e. The first kappa shape index (κ1) is 11.9. The molecule has 0 saturated heterocycles. The number of aliphatic hydroxyl groups excluding tert-OH is 1. The quantitative estimate of drug-likeness (QED) is 0.904. The lowest BCUT2D eigenvalue weighted by atomic mass is 10.2. The number of aliphatic hydroxyl groups is 1. The van der Waals surface area contributed by atoms with Crippen LogP contribution in [0.5, 0.6) is 11.5 Å². The molecule has 0 saturated carbocycles. The van der Waals surface area contributed by atoms with Crippen molar-refractivity contribution in [1.29, 1.82) is 0 Å². The molecule has 4 heteroatoms. The molecule has 0 spiro atoms. The fourth-order valence-corrected chi connectivity index (χ4v) is 1.46. The summed E-state index contributed by atoms with van der Waals surface area (Å²) in [6, 6.07) is 10.6. The number of benzene rings is 1. The third-order valence-corrected chi connectivity index (χ3v) is 2.49. The molecule has 0 aliphatic carbocycles. The lowest BCUT2D eigenvalue weighted by Gasteiger charge is -2.07. The molecule has 17 heavy (non-hydrogen) atoms. The van der Waals surface area contributed by atoms with Crippen molar-refractivity contribution in [3.8, 4) is 11.5 Å². The van der Waals surface area contributed by atoms with Crippen LogP contribution in [0.3, 0.4) is 0 Å². The zero-order valence-electron chi connectivity index (χ0n) is 9.30. The minimum absolute atomic E-state index is 0.570. The van der Waals surface area contributed by atoms with Gasteiger partial charge in [-0.15, -0.1) is 0 Å². The van der Waals surface area contributed by atoms with Crippen LogP contribution in [0.15, 0.2) is 42.6 Å². The highest BCUT2D eigenvalue weighted by atomic mass is 35.5. The van der Waals surface area contributed by atoms with E-state index in [-0.39, 0.29) is 0 Å². The van der Waals surface area contributed by atoms with Crippen molar-refractivity contribution < 1.29 is 9.84 Å². The fraction of sp³-hybridized carbons (Fsp3) is 0.154. The van der Waals surface area contributed by atoms with E-state index in [2.05, 4.69) is 4.98 Å². The van der Waals surface area contributed by atoms with Gasteiger partial charge in [-0.05, 0) is 43.3 Å². The standard InChI is InChI=1S/C13H12ClNO2/c1-9(16)13-7-6-12(8-15-13)17-11-4-2-10(14)3-5-11/h2-9,16H,1H3/t9-/m0/s1. The molecule has 1 N–H and O–H groups in total. The van der Waals surface area contributed by atoms with E-state index in [0.717, 1.165) is 0 Å². The first-order valence-electron chi connectivity index (χ1n) is 5.22. The molecule has 0 fully saturated rings. The molecule has 88 valence electrons. The Morgan fingerprint density at radius 2 is 1.76 bits per heavy atom. The summed E-state index contributed by atoms with van der Waals surface area (Å²) < 4.78 is 5.57. The van der Waals surface area contributed by atoms with Crippen LogP contribution >= 0.6 is 11.6 Å². The summed E-state index contributed by atoms with van der Waals surface area (Å²) in [6.07, 6.45) is 1.01. The molecule has 0 bridgehead atoms. The largest absolute Gasteiger partial charge is 0.456 e. The molecule has 0 unspecified atom stereocenters. The average Bonchev–Trinajstić information content (AvgIpc) is 2.33. The molecule has 0 radical (unpaired) electrons. The van der Waals surface area contributed by atoms with Gasteiger partial charge in [0.2, 0.25) is 0 Å². The van der Waals surface area contributed by atoms with E-state index in [1.165, 1.54) is 0 Å². The van der Waals surface area contributed by atoms with Crippen molar-refractivity contribution in [2.45, 2.75) is 13.0 Å². The van der Waals surface area contributed by atoms with Crippen molar-refractivity contribution in [2.75, 3.05) is 0 Å². The second kappa shape index (κ2) is 5.17. The highest BCUT2D eigenvalue weighted by molar-refractivity contribution is 6.30. The first-order valence-corrected chi connectivity index (χ1v) is 5.60. The maximum absolute atomic E-state index is 9.32. The number of pyridine rings is 1. The number of nitrogens with zero attached hydrogens (tertiary/aromatic N) is 1. The highest BCUT2D eigenvalue weighted by Gasteiger charge is 2.03.